The maximum Gasteiger partial charge on any atom is 0.328 e. The van der Waals surface area contributed by atoms with Crippen LogP contribution in [0.5, 0.6) is 5.75 Å². The maximum absolute atomic E-state index is 12.7. The summed E-state index contributed by atoms with van der Waals surface area (Å²) in [6.45, 7) is 1.82. The average molecular weight is 418 g/mol. The number of hydrogen-bond acceptors (Lipinski definition) is 4. The van der Waals surface area contributed by atoms with Gasteiger partial charge in [-0.05, 0) is 41.3 Å². The Bertz CT molecular complexity index is 1020. The SMILES string of the molecule is COC(=O)[C@H](Cc1ccc(-c2cccc(OC)c2)cc1)NC(=O)[C@@H](C)c1ccccc1. The first-order valence-corrected chi connectivity index (χ1v) is 10.2. The van der Waals surface area contributed by atoms with Crippen molar-refractivity contribution in [1.82, 2.24) is 5.32 Å². The van der Waals surface area contributed by atoms with Crippen LogP contribution in [0.3, 0.4) is 0 Å². The van der Waals surface area contributed by atoms with Crippen LogP contribution in [0.25, 0.3) is 11.1 Å². The van der Waals surface area contributed by atoms with Crippen LogP contribution >= 0.6 is 0 Å². The van der Waals surface area contributed by atoms with E-state index in [2.05, 4.69) is 5.32 Å². The van der Waals surface area contributed by atoms with Gasteiger partial charge in [0.25, 0.3) is 0 Å². The number of ether oxygens (including phenoxy) is 2. The molecule has 3 aromatic rings. The summed E-state index contributed by atoms with van der Waals surface area (Å²) in [5.74, 6) is -0.258. The monoisotopic (exact) mass is 417 g/mol. The van der Waals surface area contributed by atoms with Crippen molar-refractivity contribution in [3.8, 4) is 16.9 Å². The van der Waals surface area contributed by atoms with Gasteiger partial charge in [-0.3, -0.25) is 4.79 Å². The molecule has 0 aliphatic heterocycles. The standard InChI is InChI=1S/C26H27NO4/c1-18(20-8-5-4-6-9-20)25(28)27-24(26(29)31-3)16-19-12-14-21(15-13-19)22-10-7-11-23(17-22)30-2/h4-15,17-18,24H,16H2,1-3H3,(H,27,28)/t18-,24-/m0/s1. The van der Waals surface area contributed by atoms with Crippen LogP contribution in [0.1, 0.15) is 24.0 Å². The lowest BCUT2D eigenvalue weighted by atomic mass is 9.98. The largest absolute Gasteiger partial charge is 0.497 e. The van der Waals surface area contributed by atoms with E-state index < -0.39 is 12.0 Å². The van der Waals surface area contributed by atoms with E-state index in [0.717, 1.165) is 28.0 Å². The summed E-state index contributed by atoms with van der Waals surface area (Å²) in [6, 6.07) is 24.4. The second-order valence-electron chi connectivity index (χ2n) is 7.35. The fraction of sp³-hybridized carbons (Fsp3) is 0.231. The second-order valence-corrected chi connectivity index (χ2v) is 7.35. The van der Waals surface area contributed by atoms with Gasteiger partial charge in [-0.25, -0.2) is 4.79 Å². The van der Waals surface area contributed by atoms with E-state index in [9.17, 15) is 9.59 Å². The van der Waals surface area contributed by atoms with Gasteiger partial charge in [0.05, 0.1) is 20.1 Å². The molecule has 3 rings (SSSR count). The Morgan fingerprint density at radius 3 is 2.23 bits per heavy atom. The average Bonchev–Trinajstić information content (AvgIpc) is 2.83. The van der Waals surface area contributed by atoms with E-state index in [1.54, 1.807) is 7.11 Å². The van der Waals surface area contributed by atoms with Crippen molar-refractivity contribution in [2.45, 2.75) is 25.3 Å². The van der Waals surface area contributed by atoms with Crippen LogP contribution in [0.4, 0.5) is 0 Å². The minimum absolute atomic E-state index is 0.213. The van der Waals surface area contributed by atoms with Crippen molar-refractivity contribution < 1.29 is 19.1 Å². The van der Waals surface area contributed by atoms with Gasteiger partial charge in [-0.2, -0.15) is 0 Å². The Balaban J connectivity index is 1.72. The smallest absolute Gasteiger partial charge is 0.328 e. The van der Waals surface area contributed by atoms with Crippen LogP contribution < -0.4 is 10.1 Å². The molecule has 3 aromatic carbocycles. The van der Waals surface area contributed by atoms with Crippen LogP contribution in [-0.2, 0) is 20.7 Å². The molecule has 0 radical (unpaired) electrons. The number of benzene rings is 3. The predicted octanol–water partition coefficient (Wildman–Crippen LogP) is 4.37. The van der Waals surface area contributed by atoms with Gasteiger partial charge >= 0.3 is 5.97 Å². The van der Waals surface area contributed by atoms with E-state index in [1.807, 2.05) is 85.8 Å². The van der Waals surface area contributed by atoms with Gasteiger partial charge in [-0.15, -0.1) is 0 Å². The van der Waals surface area contributed by atoms with Crippen LogP contribution in [0.2, 0.25) is 0 Å². The van der Waals surface area contributed by atoms with Crippen molar-refractivity contribution in [2.24, 2.45) is 0 Å². The molecule has 0 aromatic heterocycles. The van der Waals surface area contributed by atoms with Crippen LogP contribution in [-0.4, -0.2) is 32.1 Å². The van der Waals surface area contributed by atoms with E-state index in [-0.39, 0.29) is 11.8 Å². The zero-order valence-electron chi connectivity index (χ0n) is 18.0. The Labute approximate surface area is 183 Å². The molecule has 5 nitrogen and oxygen atoms in total. The minimum Gasteiger partial charge on any atom is -0.497 e. The van der Waals surface area contributed by atoms with Crippen molar-refractivity contribution >= 4 is 11.9 Å². The highest BCUT2D eigenvalue weighted by atomic mass is 16.5. The second kappa shape index (κ2) is 10.4. The number of esters is 1. The fourth-order valence-electron chi connectivity index (χ4n) is 3.40. The minimum atomic E-state index is -0.758. The summed E-state index contributed by atoms with van der Waals surface area (Å²) in [5, 5.41) is 2.85. The molecule has 5 heteroatoms. The van der Waals surface area contributed by atoms with Crippen LogP contribution in [0.15, 0.2) is 78.9 Å². The number of carbonyl (C=O) groups is 2. The predicted molar refractivity (Wildman–Crippen MR) is 121 cm³/mol. The molecule has 0 heterocycles. The molecule has 31 heavy (non-hydrogen) atoms. The lowest BCUT2D eigenvalue weighted by Gasteiger charge is -2.20. The molecule has 0 bridgehead atoms. The van der Waals surface area contributed by atoms with E-state index >= 15 is 0 Å². The fourth-order valence-corrected chi connectivity index (χ4v) is 3.40. The third-order valence-electron chi connectivity index (χ3n) is 5.29. The van der Waals surface area contributed by atoms with Gasteiger partial charge < -0.3 is 14.8 Å². The molecule has 0 unspecified atom stereocenters. The quantitative estimate of drug-likeness (QED) is 0.553. The highest BCUT2D eigenvalue weighted by Gasteiger charge is 2.25. The molecule has 0 aliphatic carbocycles. The van der Waals surface area contributed by atoms with Gasteiger partial charge in [0.1, 0.15) is 11.8 Å². The summed E-state index contributed by atoms with van der Waals surface area (Å²) < 4.78 is 10.2. The molecule has 0 aliphatic rings. The molecule has 1 N–H and O–H groups in total. The molecule has 0 saturated carbocycles. The Morgan fingerprint density at radius 1 is 0.871 bits per heavy atom. The first-order valence-electron chi connectivity index (χ1n) is 10.2. The number of nitrogens with one attached hydrogen (secondary N) is 1. The first kappa shape index (κ1) is 22.1. The molecule has 2 atom stereocenters. The van der Waals surface area contributed by atoms with Gasteiger partial charge in [0.15, 0.2) is 0 Å². The Hall–Kier alpha value is -3.60. The van der Waals surface area contributed by atoms with Crippen molar-refractivity contribution in [3.63, 3.8) is 0 Å². The third-order valence-corrected chi connectivity index (χ3v) is 5.29. The molecule has 0 spiro atoms. The number of methoxy groups -OCH3 is 2. The van der Waals surface area contributed by atoms with Crippen molar-refractivity contribution in [1.29, 1.82) is 0 Å². The van der Waals surface area contributed by atoms with Crippen molar-refractivity contribution in [3.05, 3.63) is 90.0 Å². The van der Waals surface area contributed by atoms with E-state index in [0.29, 0.717) is 6.42 Å². The van der Waals surface area contributed by atoms with Gasteiger partial charge in [0.2, 0.25) is 5.91 Å². The lowest BCUT2D eigenvalue weighted by molar-refractivity contribution is -0.145. The number of hydrogen-bond donors (Lipinski definition) is 1. The van der Waals surface area contributed by atoms with E-state index in [4.69, 9.17) is 9.47 Å². The number of rotatable bonds is 8. The molecular weight excluding hydrogens is 390 g/mol. The number of amides is 1. The summed E-state index contributed by atoms with van der Waals surface area (Å²) in [4.78, 5) is 25.1. The molecule has 1 amide bonds. The first-order chi connectivity index (χ1) is 15.0. The highest BCUT2D eigenvalue weighted by molar-refractivity contribution is 5.88. The van der Waals surface area contributed by atoms with Crippen molar-refractivity contribution in [2.75, 3.05) is 14.2 Å². The van der Waals surface area contributed by atoms with Gasteiger partial charge in [-0.1, -0.05) is 66.7 Å². The van der Waals surface area contributed by atoms with E-state index in [1.165, 1.54) is 7.11 Å². The topological polar surface area (TPSA) is 64.6 Å². The third kappa shape index (κ3) is 5.72. The molecular formula is C26H27NO4. The lowest BCUT2D eigenvalue weighted by Crippen LogP contribution is -2.44. The maximum atomic E-state index is 12.7. The Kier molecular flexibility index (Phi) is 7.44. The highest BCUT2D eigenvalue weighted by Crippen LogP contribution is 2.24. The summed E-state index contributed by atoms with van der Waals surface area (Å²) >= 11 is 0. The summed E-state index contributed by atoms with van der Waals surface area (Å²) in [7, 11) is 2.97. The van der Waals surface area contributed by atoms with Crippen LogP contribution in [0, 0.1) is 0 Å². The molecule has 0 saturated heterocycles. The van der Waals surface area contributed by atoms with Gasteiger partial charge in [0, 0.05) is 6.42 Å². The molecule has 0 fully saturated rings. The summed E-state index contributed by atoms with van der Waals surface area (Å²) in [6.07, 6.45) is 0.346. The zero-order valence-corrected chi connectivity index (χ0v) is 18.0. The number of carbonyl (C=O) groups excluding carboxylic acids is 2. The molecule has 160 valence electrons. The zero-order chi connectivity index (χ0) is 22.2. The Morgan fingerprint density at radius 2 is 1.58 bits per heavy atom. The normalized spacial score (nSPS) is 12.5. The summed E-state index contributed by atoms with van der Waals surface area (Å²) in [5.41, 5.74) is 3.90.